The molecular weight excluding hydrogens is 444 g/mol. The van der Waals surface area contributed by atoms with Crippen molar-refractivity contribution < 1.29 is 19.3 Å². The van der Waals surface area contributed by atoms with E-state index in [1.807, 2.05) is 13.0 Å². The van der Waals surface area contributed by atoms with Crippen LogP contribution in [0.25, 0.3) is 0 Å². The Morgan fingerprint density at radius 2 is 2.00 bits per heavy atom. The van der Waals surface area contributed by atoms with Crippen LogP contribution < -0.4 is 10.6 Å². The van der Waals surface area contributed by atoms with Gasteiger partial charge in [0.1, 0.15) is 12.1 Å². The standard InChI is InChI=1S/C19H17BrN4O5/c1-11-8-13(20)6-7-15(11)21-16(25)10-23-17(26)19(2,22-18(23)27)12-4-3-5-14(9-12)24(28)29/h3-9H,10H2,1-2H3,(H,21,25)(H,22,27). The van der Waals surface area contributed by atoms with Gasteiger partial charge in [-0.1, -0.05) is 28.1 Å². The van der Waals surface area contributed by atoms with E-state index in [2.05, 4.69) is 26.6 Å². The molecule has 150 valence electrons. The molecule has 0 radical (unpaired) electrons. The molecule has 1 saturated heterocycles. The molecule has 1 aliphatic rings. The molecule has 0 saturated carbocycles. The lowest BCUT2D eigenvalue weighted by molar-refractivity contribution is -0.385. The maximum Gasteiger partial charge on any atom is 0.325 e. The highest BCUT2D eigenvalue weighted by molar-refractivity contribution is 9.10. The third-order valence-corrected chi connectivity index (χ3v) is 5.17. The van der Waals surface area contributed by atoms with Crippen molar-refractivity contribution in [1.82, 2.24) is 10.2 Å². The van der Waals surface area contributed by atoms with E-state index in [-0.39, 0.29) is 11.3 Å². The van der Waals surface area contributed by atoms with Crippen molar-refractivity contribution in [2.75, 3.05) is 11.9 Å². The van der Waals surface area contributed by atoms with Gasteiger partial charge >= 0.3 is 6.03 Å². The Morgan fingerprint density at radius 3 is 2.66 bits per heavy atom. The molecule has 0 aromatic heterocycles. The van der Waals surface area contributed by atoms with Crippen LogP contribution in [-0.2, 0) is 15.1 Å². The topological polar surface area (TPSA) is 122 Å². The molecule has 0 bridgehead atoms. The minimum absolute atomic E-state index is 0.201. The average molecular weight is 461 g/mol. The second-order valence-electron chi connectivity index (χ2n) is 6.76. The summed E-state index contributed by atoms with van der Waals surface area (Å²) in [6, 6.07) is 10.0. The Bertz CT molecular complexity index is 1040. The summed E-state index contributed by atoms with van der Waals surface area (Å²) in [5, 5.41) is 16.2. The van der Waals surface area contributed by atoms with E-state index in [1.165, 1.54) is 31.2 Å². The largest absolute Gasteiger partial charge is 0.325 e. The number of aryl methyl sites for hydroxylation is 1. The summed E-state index contributed by atoms with van der Waals surface area (Å²) >= 11 is 3.34. The second kappa shape index (κ2) is 7.63. The average Bonchev–Trinajstić information content (AvgIpc) is 2.88. The number of nitro groups is 1. The first kappa shape index (κ1) is 20.5. The number of rotatable bonds is 5. The molecule has 29 heavy (non-hydrogen) atoms. The summed E-state index contributed by atoms with van der Waals surface area (Å²) in [5.41, 5.74) is -0.0702. The van der Waals surface area contributed by atoms with Gasteiger partial charge in [-0.25, -0.2) is 4.79 Å². The zero-order valence-corrected chi connectivity index (χ0v) is 17.1. The van der Waals surface area contributed by atoms with Crippen LogP contribution in [0.5, 0.6) is 0 Å². The van der Waals surface area contributed by atoms with Crippen LogP contribution in [0.3, 0.4) is 0 Å². The van der Waals surface area contributed by atoms with E-state index in [0.717, 1.165) is 14.9 Å². The number of halogens is 1. The molecule has 1 heterocycles. The summed E-state index contributed by atoms with van der Waals surface area (Å²) < 4.78 is 0.856. The number of anilines is 1. The summed E-state index contributed by atoms with van der Waals surface area (Å²) in [7, 11) is 0. The number of urea groups is 1. The number of hydrogen-bond acceptors (Lipinski definition) is 5. The van der Waals surface area contributed by atoms with Gasteiger partial charge in [-0.05, 0) is 43.2 Å². The lowest BCUT2D eigenvalue weighted by Gasteiger charge is -2.22. The number of non-ortho nitro benzene ring substituents is 1. The van der Waals surface area contributed by atoms with E-state index >= 15 is 0 Å². The fraction of sp³-hybridized carbons (Fsp3) is 0.211. The van der Waals surface area contributed by atoms with Crippen molar-refractivity contribution in [1.29, 1.82) is 0 Å². The third-order valence-electron chi connectivity index (χ3n) is 4.67. The van der Waals surface area contributed by atoms with E-state index in [1.54, 1.807) is 12.1 Å². The molecular formula is C19H17BrN4O5. The Labute approximate surface area is 174 Å². The first-order chi connectivity index (χ1) is 13.6. The highest BCUT2D eigenvalue weighted by atomic mass is 79.9. The van der Waals surface area contributed by atoms with Crippen molar-refractivity contribution in [2.24, 2.45) is 0 Å². The monoisotopic (exact) mass is 460 g/mol. The Hall–Kier alpha value is -3.27. The molecule has 10 heteroatoms. The normalized spacial score (nSPS) is 18.5. The van der Waals surface area contributed by atoms with Crippen LogP contribution in [0.15, 0.2) is 46.9 Å². The maximum absolute atomic E-state index is 12.9. The molecule has 2 N–H and O–H groups in total. The SMILES string of the molecule is Cc1cc(Br)ccc1NC(=O)CN1C(=O)NC(C)(c2cccc([N+](=O)[O-])c2)C1=O. The molecule has 2 aromatic rings. The number of hydrogen-bond donors (Lipinski definition) is 2. The fourth-order valence-electron chi connectivity index (χ4n) is 3.07. The van der Waals surface area contributed by atoms with Crippen LogP contribution in [0.1, 0.15) is 18.1 Å². The highest BCUT2D eigenvalue weighted by Gasteiger charge is 2.49. The van der Waals surface area contributed by atoms with Crippen LogP contribution >= 0.6 is 15.9 Å². The molecule has 1 fully saturated rings. The number of nitrogens with zero attached hydrogens (tertiary/aromatic N) is 2. The van der Waals surface area contributed by atoms with E-state index < -0.39 is 34.9 Å². The van der Waals surface area contributed by atoms with Gasteiger partial charge in [0.15, 0.2) is 0 Å². The van der Waals surface area contributed by atoms with Gasteiger partial charge in [0.05, 0.1) is 4.92 Å². The molecule has 1 unspecified atom stereocenters. The summed E-state index contributed by atoms with van der Waals surface area (Å²) in [5.74, 6) is -1.20. The fourth-order valence-corrected chi connectivity index (χ4v) is 3.54. The van der Waals surface area contributed by atoms with Crippen molar-refractivity contribution >= 4 is 45.2 Å². The predicted octanol–water partition coefficient (Wildman–Crippen LogP) is 3.07. The minimum Gasteiger partial charge on any atom is -0.324 e. The van der Waals surface area contributed by atoms with Crippen molar-refractivity contribution in [3.63, 3.8) is 0 Å². The number of amides is 4. The minimum atomic E-state index is -1.50. The van der Waals surface area contributed by atoms with Crippen LogP contribution in [-0.4, -0.2) is 34.2 Å². The maximum atomic E-state index is 12.9. The van der Waals surface area contributed by atoms with Gasteiger partial charge in [-0.3, -0.25) is 24.6 Å². The Morgan fingerprint density at radius 1 is 1.28 bits per heavy atom. The van der Waals surface area contributed by atoms with Gasteiger partial charge in [0, 0.05) is 22.3 Å². The third kappa shape index (κ3) is 3.97. The van der Waals surface area contributed by atoms with Gasteiger partial charge in [-0.2, -0.15) is 0 Å². The molecule has 3 rings (SSSR count). The molecule has 0 spiro atoms. The quantitative estimate of drug-likeness (QED) is 0.403. The molecule has 9 nitrogen and oxygen atoms in total. The molecule has 0 aliphatic carbocycles. The predicted molar refractivity (Wildman–Crippen MR) is 108 cm³/mol. The number of nitrogens with one attached hydrogen (secondary N) is 2. The Balaban J connectivity index is 1.79. The van der Waals surface area contributed by atoms with Gasteiger partial charge in [0.2, 0.25) is 5.91 Å². The van der Waals surface area contributed by atoms with Crippen LogP contribution in [0, 0.1) is 17.0 Å². The highest BCUT2D eigenvalue weighted by Crippen LogP contribution is 2.31. The van der Waals surface area contributed by atoms with E-state index in [0.29, 0.717) is 5.69 Å². The number of carbonyl (C=O) groups is 3. The smallest absolute Gasteiger partial charge is 0.324 e. The molecule has 1 aliphatic heterocycles. The van der Waals surface area contributed by atoms with E-state index in [4.69, 9.17) is 0 Å². The van der Waals surface area contributed by atoms with Crippen molar-refractivity contribution in [3.8, 4) is 0 Å². The van der Waals surface area contributed by atoms with E-state index in [9.17, 15) is 24.5 Å². The first-order valence-corrected chi connectivity index (χ1v) is 9.36. The van der Waals surface area contributed by atoms with Gasteiger partial charge < -0.3 is 10.6 Å². The zero-order valence-electron chi connectivity index (χ0n) is 15.6. The van der Waals surface area contributed by atoms with Gasteiger partial charge in [0.25, 0.3) is 11.6 Å². The molecule has 1 atom stereocenters. The second-order valence-corrected chi connectivity index (χ2v) is 7.68. The Kier molecular flexibility index (Phi) is 5.38. The molecule has 4 amide bonds. The van der Waals surface area contributed by atoms with Crippen LogP contribution in [0.4, 0.5) is 16.2 Å². The summed E-state index contributed by atoms with van der Waals surface area (Å²) in [6.45, 7) is 2.78. The van der Waals surface area contributed by atoms with Gasteiger partial charge in [-0.15, -0.1) is 0 Å². The number of nitro benzene ring substituents is 1. The number of carbonyl (C=O) groups excluding carboxylic acids is 3. The lowest BCUT2D eigenvalue weighted by Crippen LogP contribution is -2.42. The summed E-state index contributed by atoms with van der Waals surface area (Å²) in [4.78, 5) is 48.9. The number of imide groups is 1. The van der Waals surface area contributed by atoms with Crippen molar-refractivity contribution in [3.05, 3.63) is 68.2 Å². The number of benzene rings is 2. The zero-order chi connectivity index (χ0) is 21.3. The lowest BCUT2D eigenvalue weighted by atomic mass is 9.91. The first-order valence-electron chi connectivity index (χ1n) is 8.57. The van der Waals surface area contributed by atoms with Crippen LogP contribution in [0.2, 0.25) is 0 Å². The summed E-state index contributed by atoms with van der Waals surface area (Å²) in [6.07, 6.45) is 0. The molecule has 2 aromatic carbocycles. The van der Waals surface area contributed by atoms with Crippen molar-refractivity contribution in [2.45, 2.75) is 19.4 Å².